The van der Waals surface area contributed by atoms with E-state index in [0.717, 1.165) is 50.5 Å². The van der Waals surface area contributed by atoms with E-state index in [0.29, 0.717) is 24.1 Å². The van der Waals surface area contributed by atoms with E-state index in [9.17, 15) is 23.1 Å². The number of carbonyl (C=O) groups is 1. The summed E-state index contributed by atoms with van der Waals surface area (Å²) >= 11 is 0. The Kier molecular flexibility index (Phi) is 6.96. The van der Waals surface area contributed by atoms with Crippen molar-refractivity contribution < 1.29 is 27.8 Å². The lowest BCUT2D eigenvalue weighted by atomic mass is 9.87. The van der Waals surface area contributed by atoms with Gasteiger partial charge >= 0.3 is 12.1 Å². The van der Waals surface area contributed by atoms with Gasteiger partial charge in [-0.1, -0.05) is 32.0 Å². The lowest BCUT2D eigenvalue weighted by molar-refractivity contribution is -0.145. The molecular formula is C29H36F3NO3. The Labute approximate surface area is 210 Å². The zero-order valence-corrected chi connectivity index (χ0v) is 21.1. The summed E-state index contributed by atoms with van der Waals surface area (Å²) in [5.41, 5.74) is 0.319. The summed E-state index contributed by atoms with van der Waals surface area (Å²) in [5, 5.41) is 10.3. The second-order valence-corrected chi connectivity index (χ2v) is 11.2. The van der Waals surface area contributed by atoms with Crippen LogP contribution in [0.15, 0.2) is 30.3 Å². The molecule has 196 valence electrons. The third-order valence-corrected chi connectivity index (χ3v) is 8.82. The molecule has 3 aliphatic rings. The highest BCUT2D eigenvalue weighted by Gasteiger charge is 2.45. The van der Waals surface area contributed by atoms with Gasteiger partial charge in [0.2, 0.25) is 0 Å². The summed E-state index contributed by atoms with van der Waals surface area (Å²) in [4.78, 5) is 14.0. The fourth-order valence-electron chi connectivity index (χ4n) is 7.00. The molecule has 5 rings (SSSR count). The summed E-state index contributed by atoms with van der Waals surface area (Å²) in [6.07, 6.45) is 2.93. The Morgan fingerprint density at radius 3 is 2.31 bits per heavy atom. The van der Waals surface area contributed by atoms with Gasteiger partial charge in [0.1, 0.15) is 11.3 Å². The topological polar surface area (TPSA) is 49.8 Å². The number of ether oxygens (including phenoxy) is 1. The minimum Gasteiger partial charge on any atom is -0.490 e. The molecule has 2 aromatic rings. The molecule has 0 aromatic heterocycles. The van der Waals surface area contributed by atoms with Gasteiger partial charge in [-0.15, -0.1) is 0 Å². The maximum absolute atomic E-state index is 14.3. The molecule has 0 radical (unpaired) electrons. The largest absolute Gasteiger partial charge is 0.490 e. The molecule has 3 atom stereocenters. The van der Waals surface area contributed by atoms with Gasteiger partial charge in [-0.3, -0.25) is 9.69 Å². The van der Waals surface area contributed by atoms with Gasteiger partial charge in [-0.2, -0.15) is 13.2 Å². The van der Waals surface area contributed by atoms with Gasteiger partial charge in [0.25, 0.3) is 0 Å². The number of nitrogens with zero attached hydrogens (tertiary/aromatic N) is 1. The van der Waals surface area contributed by atoms with Crippen molar-refractivity contribution in [3.63, 3.8) is 0 Å². The Hall–Kier alpha value is -2.28. The van der Waals surface area contributed by atoms with Crippen molar-refractivity contribution in [1.82, 2.24) is 4.90 Å². The predicted octanol–water partition coefficient (Wildman–Crippen LogP) is 7.59. The van der Waals surface area contributed by atoms with Crippen molar-refractivity contribution in [2.24, 2.45) is 11.8 Å². The van der Waals surface area contributed by atoms with Crippen LogP contribution in [0.25, 0.3) is 10.8 Å². The average molecular weight is 504 g/mol. The second kappa shape index (κ2) is 9.88. The fourth-order valence-corrected chi connectivity index (χ4v) is 7.00. The minimum atomic E-state index is -4.51. The number of carboxylic acid groups (broad SMARTS) is 1. The molecule has 2 unspecified atom stereocenters. The molecule has 0 amide bonds. The van der Waals surface area contributed by atoms with Crippen LogP contribution in [0.2, 0.25) is 0 Å². The number of alkyl halides is 3. The third kappa shape index (κ3) is 4.83. The number of fused-ring (bicyclic) bond motifs is 3. The Morgan fingerprint density at radius 1 is 1.06 bits per heavy atom. The lowest BCUT2D eigenvalue weighted by Gasteiger charge is -2.42. The third-order valence-electron chi connectivity index (χ3n) is 8.82. The van der Waals surface area contributed by atoms with Crippen LogP contribution in [0.5, 0.6) is 5.75 Å². The molecule has 3 fully saturated rings. The van der Waals surface area contributed by atoms with Crippen LogP contribution >= 0.6 is 0 Å². The standard InChI is InChI=1S/C29H36F3NO3/c1-3-25(33-21-8-9-22(33)16-20(15-21)28(34)35)19-6-12-24-18(14-19)7-13-26(27(24)29(30,31)32)36-23-10-4-17(2)5-11-23/h6-7,12-14,17,20-23,25H,3-5,8-11,15-16H2,1-2H3,(H,34,35)/t17?,20?,21?,22?,23?,25-/m1/s1. The van der Waals surface area contributed by atoms with E-state index in [1.165, 1.54) is 6.07 Å². The van der Waals surface area contributed by atoms with Gasteiger partial charge in [-0.05, 0) is 92.2 Å². The molecular weight excluding hydrogens is 467 g/mol. The summed E-state index contributed by atoms with van der Waals surface area (Å²) in [6, 6.07) is 9.08. The Balaban J connectivity index is 1.45. The van der Waals surface area contributed by atoms with Crippen LogP contribution in [0, 0.1) is 11.8 Å². The zero-order valence-electron chi connectivity index (χ0n) is 21.1. The van der Waals surface area contributed by atoms with Gasteiger partial charge in [-0.25, -0.2) is 0 Å². The minimum absolute atomic E-state index is 0.0659. The number of rotatable bonds is 6. The van der Waals surface area contributed by atoms with Crippen molar-refractivity contribution in [2.75, 3.05) is 0 Å². The van der Waals surface area contributed by atoms with Gasteiger partial charge < -0.3 is 9.84 Å². The molecule has 4 nitrogen and oxygen atoms in total. The molecule has 7 heteroatoms. The SMILES string of the molecule is CC[C@H](c1ccc2c(C(F)(F)F)c(OC3CCC(C)CC3)ccc2c1)N1C2CCC1CC(C(=O)O)C2. The van der Waals surface area contributed by atoms with Crippen LogP contribution in [0.4, 0.5) is 13.2 Å². The highest BCUT2D eigenvalue weighted by atomic mass is 19.4. The molecule has 2 aliphatic heterocycles. The van der Waals surface area contributed by atoms with E-state index in [-0.39, 0.29) is 41.3 Å². The Bertz CT molecular complexity index is 1090. The van der Waals surface area contributed by atoms with Crippen molar-refractivity contribution >= 4 is 16.7 Å². The highest BCUT2D eigenvalue weighted by molar-refractivity contribution is 5.89. The average Bonchev–Trinajstić information content (AvgIpc) is 3.07. The van der Waals surface area contributed by atoms with E-state index >= 15 is 0 Å². The van der Waals surface area contributed by atoms with Crippen molar-refractivity contribution in [3.05, 3.63) is 41.5 Å². The summed E-state index contributed by atoms with van der Waals surface area (Å²) < 4.78 is 48.8. The van der Waals surface area contributed by atoms with Crippen molar-refractivity contribution in [1.29, 1.82) is 0 Å². The number of halogens is 3. The number of benzene rings is 2. The summed E-state index contributed by atoms with van der Waals surface area (Å²) in [7, 11) is 0. The predicted molar refractivity (Wildman–Crippen MR) is 133 cm³/mol. The van der Waals surface area contributed by atoms with Crippen LogP contribution in [-0.2, 0) is 11.0 Å². The van der Waals surface area contributed by atoms with E-state index in [1.807, 2.05) is 12.1 Å². The molecule has 0 spiro atoms. The summed E-state index contributed by atoms with van der Waals surface area (Å²) in [6.45, 7) is 4.27. The quantitative estimate of drug-likeness (QED) is 0.441. The maximum Gasteiger partial charge on any atom is 0.420 e. The van der Waals surface area contributed by atoms with Crippen LogP contribution in [0.3, 0.4) is 0 Å². The van der Waals surface area contributed by atoms with Gasteiger partial charge in [0.05, 0.1) is 12.0 Å². The molecule has 1 saturated carbocycles. The van der Waals surface area contributed by atoms with Crippen LogP contribution < -0.4 is 4.74 Å². The Morgan fingerprint density at radius 2 is 1.72 bits per heavy atom. The molecule has 2 heterocycles. The number of piperidine rings is 1. The number of hydrogen-bond donors (Lipinski definition) is 1. The number of hydrogen-bond acceptors (Lipinski definition) is 3. The van der Waals surface area contributed by atoms with E-state index in [4.69, 9.17) is 4.74 Å². The van der Waals surface area contributed by atoms with E-state index < -0.39 is 17.7 Å². The monoisotopic (exact) mass is 503 g/mol. The normalized spacial score (nSPS) is 29.9. The first-order valence-electron chi connectivity index (χ1n) is 13.5. The molecule has 1 aliphatic carbocycles. The van der Waals surface area contributed by atoms with Crippen LogP contribution in [-0.4, -0.2) is 34.2 Å². The van der Waals surface area contributed by atoms with E-state index in [2.05, 4.69) is 18.7 Å². The number of aliphatic carboxylic acids is 1. The smallest absolute Gasteiger partial charge is 0.420 e. The maximum atomic E-state index is 14.3. The van der Waals surface area contributed by atoms with Crippen molar-refractivity contribution in [2.45, 2.75) is 102 Å². The van der Waals surface area contributed by atoms with E-state index in [1.54, 1.807) is 12.1 Å². The molecule has 2 bridgehead atoms. The lowest BCUT2D eigenvalue weighted by Crippen LogP contribution is -2.46. The van der Waals surface area contributed by atoms with Crippen molar-refractivity contribution in [3.8, 4) is 5.75 Å². The summed E-state index contributed by atoms with van der Waals surface area (Å²) in [5.74, 6) is -0.486. The number of carboxylic acids is 1. The van der Waals surface area contributed by atoms with Gasteiger partial charge in [0.15, 0.2) is 0 Å². The fraction of sp³-hybridized carbons (Fsp3) is 0.621. The second-order valence-electron chi connectivity index (χ2n) is 11.2. The molecule has 1 N–H and O–H groups in total. The van der Waals surface area contributed by atoms with Crippen LogP contribution in [0.1, 0.15) is 88.8 Å². The molecule has 2 saturated heterocycles. The zero-order chi connectivity index (χ0) is 25.6. The highest BCUT2D eigenvalue weighted by Crippen LogP contribution is 2.47. The molecule has 2 aromatic carbocycles. The first-order valence-corrected chi connectivity index (χ1v) is 13.5. The van der Waals surface area contributed by atoms with Gasteiger partial charge in [0, 0.05) is 18.1 Å². The molecule has 36 heavy (non-hydrogen) atoms. The first-order chi connectivity index (χ1) is 17.2. The first kappa shape index (κ1) is 25.4.